The number of rotatable bonds is 6. The first kappa shape index (κ1) is 17.5. The van der Waals surface area contributed by atoms with Crippen LogP contribution in [-0.4, -0.2) is 0 Å². The Labute approximate surface area is 152 Å². The highest BCUT2D eigenvalue weighted by Gasteiger charge is 2.26. The van der Waals surface area contributed by atoms with Gasteiger partial charge in [0.25, 0.3) is 0 Å². The molecule has 3 aromatic rings. The Bertz CT molecular complexity index is 782. The SMILES string of the molecule is Cc1ccc(CC(C)(CCc2ccccc2)c2ccc(C)cc2)cc1. The minimum Gasteiger partial charge on any atom is -0.0622 e. The molecule has 0 amide bonds. The summed E-state index contributed by atoms with van der Waals surface area (Å²) in [6.45, 7) is 6.73. The van der Waals surface area contributed by atoms with E-state index in [-0.39, 0.29) is 5.41 Å². The number of hydrogen-bond acceptors (Lipinski definition) is 0. The van der Waals surface area contributed by atoms with Crippen molar-refractivity contribution in [3.05, 3.63) is 107 Å². The predicted octanol–water partition coefficient (Wildman–Crippen LogP) is 6.44. The van der Waals surface area contributed by atoms with E-state index in [0.717, 1.165) is 19.3 Å². The van der Waals surface area contributed by atoms with Crippen LogP contribution in [0.25, 0.3) is 0 Å². The van der Waals surface area contributed by atoms with Crippen molar-refractivity contribution in [2.24, 2.45) is 0 Å². The average Bonchev–Trinajstić information content (AvgIpc) is 2.63. The second-order valence-corrected chi connectivity index (χ2v) is 7.57. The van der Waals surface area contributed by atoms with Crippen molar-refractivity contribution in [1.29, 1.82) is 0 Å². The van der Waals surface area contributed by atoms with Gasteiger partial charge in [0.2, 0.25) is 0 Å². The molecule has 0 heteroatoms. The molecule has 25 heavy (non-hydrogen) atoms. The van der Waals surface area contributed by atoms with Gasteiger partial charge in [0.05, 0.1) is 0 Å². The van der Waals surface area contributed by atoms with Gasteiger partial charge >= 0.3 is 0 Å². The molecule has 128 valence electrons. The minimum absolute atomic E-state index is 0.138. The van der Waals surface area contributed by atoms with Crippen molar-refractivity contribution < 1.29 is 0 Å². The first-order valence-electron chi connectivity index (χ1n) is 9.22. The van der Waals surface area contributed by atoms with Gasteiger partial charge in [-0.15, -0.1) is 0 Å². The number of hydrogen-bond donors (Lipinski definition) is 0. The largest absolute Gasteiger partial charge is 0.0622 e. The molecule has 0 aliphatic rings. The quantitative estimate of drug-likeness (QED) is 0.488. The van der Waals surface area contributed by atoms with Crippen LogP contribution >= 0.6 is 0 Å². The lowest BCUT2D eigenvalue weighted by atomic mass is 9.73. The lowest BCUT2D eigenvalue weighted by Gasteiger charge is -2.31. The molecule has 0 aliphatic carbocycles. The maximum atomic E-state index is 2.42. The summed E-state index contributed by atoms with van der Waals surface area (Å²) in [6.07, 6.45) is 3.33. The molecular weight excluding hydrogens is 300 g/mol. The Balaban J connectivity index is 1.86. The van der Waals surface area contributed by atoms with Crippen LogP contribution in [0.2, 0.25) is 0 Å². The van der Waals surface area contributed by atoms with E-state index in [0.29, 0.717) is 0 Å². The van der Waals surface area contributed by atoms with Crippen LogP contribution in [0.5, 0.6) is 0 Å². The van der Waals surface area contributed by atoms with E-state index in [1.165, 1.54) is 27.8 Å². The summed E-state index contributed by atoms with van der Waals surface area (Å²) in [5, 5.41) is 0. The second kappa shape index (κ2) is 7.70. The van der Waals surface area contributed by atoms with Crippen molar-refractivity contribution >= 4 is 0 Å². The monoisotopic (exact) mass is 328 g/mol. The molecule has 0 radical (unpaired) electrons. The highest BCUT2D eigenvalue weighted by atomic mass is 14.3. The van der Waals surface area contributed by atoms with Gasteiger partial charge in [0.15, 0.2) is 0 Å². The van der Waals surface area contributed by atoms with Crippen LogP contribution in [0.3, 0.4) is 0 Å². The first-order chi connectivity index (χ1) is 12.0. The molecule has 0 saturated carbocycles. The van der Waals surface area contributed by atoms with Crippen LogP contribution in [-0.2, 0) is 18.3 Å². The topological polar surface area (TPSA) is 0 Å². The molecule has 1 atom stereocenters. The van der Waals surface area contributed by atoms with Gasteiger partial charge in [-0.1, -0.05) is 96.9 Å². The van der Waals surface area contributed by atoms with E-state index >= 15 is 0 Å². The molecule has 3 aromatic carbocycles. The third-order valence-corrected chi connectivity index (χ3v) is 5.27. The Morgan fingerprint density at radius 3 is 1.80 bits per heavy atom. The zero-order valence-corrected chi connectivity index (χ0v) is 15.6. The normalized spacial score (nSPS) is 13.4. The maximum Gasteiger partial charge on any atom is -0.00318 e. The Morgan fingerprint density at radius 1 is 0.640 bits per heavy atom. The van der Waals surface area contributed by atoms with Crippen molar-refractivity contribution in [1.82, 2.24) is 0 Å². The third kappa shape index (κ3) is 4.60. The molecule has 0 N–H and O–H groups in total. The van der Waals surface area contributed by atoms with Gasteiger partial charge in [-0.3, -0.25) is 0 Å². The van der Waals surface area contributed by atoms with E-state index in [1.807, 2.05) is 0 Å². The highest BCUT2D eigenvalue weighted by Crippen LogP contribution is 2.33. The van der Waals surface area contributed by atoms with Crippen LogP contribution in [0.15, 0.2) is 78.9 Å². The summed E-state index contributed by atoms with van der Waals surface area (Å²) in [5.41, 5.74) is 7.06. The van der Waals surface area contributed by atoms with Crippen LogP contribution in [0.4, 0.5) is 0 Å². The highest BCUT2D eigenvalue weighted by molar-refractivity contribution is 5.32. The molecule has 0 spiro atoms. The number of aryl methyl sites for hydroxylation is 3. The molecule has 0 heterocycles. The lowest BCUT2D eigenvalue weighted by Crippen LogP contribution is -2.26. The molecular formula is C25H28. The molecule has 0 nitrogen and oxygen atoms in total. The zero-order valence-electron chi connectivity index (χ0n) is 15.6. The van der Waals surface area contributed by atoms with Crippen molar-refractivity contribution in [2.75, 3.05) is 0 Å². The van der Waals surface area contributed by atoms with Crippen LogP contribution in [0.1, 0.15) is 41.2 Å². The van der Waals surface area contributed by atoms with E-state index in [4.69, 9.17) is 0 Å². The van der Waals surface area contributed by atoms with Gasteiger partial charge in [0.1, 0.15) is 0 Å². The smallest absolute Gasteiger partial charge is 0.00318 e. The molecule has 0 saturated heterocycles. The van der Waals surface area contributed by atoms with Crippen molar-refractivity contribution in [2.45, 2.75) is 45.4 Å². The Kier molecular flexibility index (Phi) is 5.38. The van der Waals surface area contributed by atoms with Gasteiger partial charge in [-0.2, -0.15) is 0 Å². The minimum atomic E-state index is 0.138. The fraction of sp³-hybridized carbons (Fsp3) is 0.280. The van der Waals surface area contributed by atoms with Gasteiger partial charge < -0.3 is 0 Å². The summed E-state index contributed by atoms with van der Waals surface area (Å²) in [7, 11) is 0. The van der Waals surface area contributed by atoms with E-state index < -0.39 is 0 Å². The Morgan fingerprint density at radius 2 is 1.20 bits per heavy atom. The third-order valence-electron chi connectivity index (χ3n) is 5.27. The molecule has 0 aromatic heterocycles. The molecule has 0 bridgehead atoms. The number of benzene rings is 3. The van der Waals surface area contributed by atoms with E-state index in [1.54, 1.807) is 0 Å². The zero-order chi connectivity index (χ0) is 17.7. The molecule has 0 fully saturated rings. The van der Waals surface area contributed by atoms with Gasteiger partial charge in [0, 0.05) is 0 Å². The summed E-state index contributed by atoms with van der Waals surface area (Å²) >= 11 is 0. The predicted molar refractivity (Wildman–Crippen MR) is 108 cm³/mol. The lowest BCUT2D eigenvalue weighted by molar-refractivity contribution is 0.430. The van der Waals surface area contributed by atoms with E-state index in [9.17, 15) is 0 Å². The van der Waals surface area contributed by atoms with Gasteiger partial charge in [-0.25, -0.2) is 0 Å². The fourth-order valence-electron chi connectivity index (χ4n) is 3.51. The maximum absolute atomic E-state index is 2.42. The molecule has 0 aliphatic heterocycles. The molecule has 3 rings (SSSR count). The van der Waals surface area contributed by atoms with Crippen LogP contribution in [0, 0.1) is 13.8 Å². The van der Waals surface area contributed by atoms with Crippen molar-refractivity contribution in [3.63, 3.8) is 0 Å². The standard InChI is InChI=1S/C25H28/c1-20-9-13-23(14-10-20)19-25(3,24-15-11-21(2)12-16-24)18-17-22-7-5-4-6-8-22/h4-16H,17-19H2,1-3H3. The summed E-state index contributed by atoms with van der Waals surface area (Å²) in [6, 6.07) is 29.0. The molecule has 1 unspecified atom stereocenters. The fourth-order valence-corrected chi connectivity index (χ4v) is 3.51. The Hall–Kier alpha value is -2.34. The summed E-state index contributed by atoms with van der Waals surface area (Å²) in [4.78, 5) is 0. The second-order valence-electron chi connectivity index (χ2n) is 7.57. The first-order valence-corrected chi connectivity index (χ1v) is 9.22. The van der Waals surface area contributed by atoms with Gasteiger partial charge in [-0.05, 0) is 55.2 Å². The van der Waals surface area contributed by atoms with E-state index in [2.05, 4.69) is 99.6 Å². The van der Waals surface area contributed by atoms with Crippen LogP contribution < -0.4 is 0 Å². The average molecular weight is 328 g/mol. The summed E-state index contributed by atoms with van der Waals surface area (Å²) < 4.78 is 0. The summed E-state index contributed by atoms with van der Waals surface area (Å²) in [5.74, 6) is 0. The van der Waals surface area contributed by atoms with Crippen molar-refractivity contribution in [3.8, 4) is 0 Å².